The van der Waals surface area contributed by atoms with E-state index in [0.29, 0.717) is 17.8 Å². The topological polar surface area (TPSA) is 96.7 Å². The number of ether oxygens (including phenoxy) is 1. The van der Waals surface area contributed by atoms with Crippen molar-refractivity contribution in [2.45, 2.75) is 12.5 Å². The van der Waals surface area contributed by atoms with E-state index in [4.69, 9.17) is 5.73 Å². The number of nitrogen functional groups attached to an aromatic ring is 1. The SMILES string of the molecule is CNC(=O)c1ccc(N)cc1N1CCC(NC(=O)OC)C1. The molecule has 1 aliphatic heterocycles. The highest BCUT2D eigenvalue weighted by Crippen LogP contribution is 2.27. The van der Waals surface area contributed by atoms with Crippen LogP contribution in [0.3, 0.4) is 0 Å². The summed E-state index contributed by atoms with van der Waals surface area (Å²) in [5.41, 5.74) is 7.78. The molecule has 1 aliphatic rings. The molecule has 7 nitrogen and oxygen atoms in total. The van der Waals surface area contributed by atoms with Gasteiger partial charge in [-0.05, 0) is 24.6 Å². The third kappa shape index (κ3) is 3.36. The van der Waals surface area contributed by atoms with Gasteiger partial charge < -0.3 is 26.0 Å². The number of anilines is 2. The summed E-state index contributed by atoms with van der Waals surface area (Å²) in [6.45, 7) is 1.35. The molecule has 7 heteroatoms. The highest BCUT2D eigenvalue weighted by Gasteiger charge is 2.27. The first-order valence-electron chi connectivity index (χ1n) is 6.76. The molecule has 1 saturated heterocycles. The lowest BCUT2D eigenvalue weighted by Crippen LogP contribution is -2.37. The summed E-state index contributed by atoms with van der Waals surface area (Å²) in [6, 6.07) is 5.20. The number of hydrogen-bond donors (Lipinski definition) is 3. The predicted molar refractivity (Wildman–Crippen MR) is 80.4 cm³/mol. The van der Waals surface area contributed by atoms with Gasteiger partial charge in [0.2, 0.25) is 0 Å². The zero-order chi connectivity index (χ0) is 15.4. The molecule has 0 spiro atoms. The van der Waals surface area contributed by atoms with Crippen molar-refractivity contribution in [3.05, 3.63) is 23.8 Å². The molecule has 1 heterocycles. The average Bonchev–Trinajstić information content (AvgIpc) is 2.94. The van der Waals surface area contributed by atoms with Crippen molar-refractivity contribution in [1.29, 1.82) is 0 Å². The first-order chi connectivity index (χ1) is 10.0. The number of hydrogen-bond acceptors (Lipinski definition) is 5. The van der Waals surface area contributed by atoms with Gasteiger partial charge in [-0.1, -0.05) is 0 Å². The van der Waals surface area contributed by atoms with Crippen molar-refractivity contribution in [2.24, 2.45) is 0 Å². The Morgan fingerprint density at radius 3 is 2.86 bits per heavy atom. The second-order valence-corrected chi connectivity index (χ2v) is 4.92. The third-order valence-electron chi connectivity index (χ3n) is 3.53. The number of rotatable bonds is 3. The molecule has 1 aromatic carbocycles. The number of amides is 2. The minimum absolute atomic E-state index is 0.00332. The van der Waals surface area contributed by atoms with Crippen LogP contribution in [0.5, 0.6) is 0 Å². The summed E-state index contributed by atoms with van der Waals surface area (Å²) in [4.78, 5) is 25.2. The molecule has 0 aliphatic carbocycles. The first-order valence-corrected chi connectivity index (χ1v) is 6.76. The molecule has 21 heavy (non-hydrogen) atoms. The Morgan fingerprint density at radius 1 is 1.43 bits per heavy atom. The largest absolute Gasteiger partial charge is 0.453 e. The minimum Gasteiger partial charge on any atom is -0.453 e. The number of carbonyl (C=O) groups is 2. The number of benzene rings is 1. The van der Waals surface area contributed by atoms with E-state index < -0.39 is 6.09 Å². The minimum atomic E-state index is -0.444. The summed E-state index contributed by atoms with van der Waals surface area (Å²) in [5.74, 6) is -0.158. The van der Waals surface area contributed by atoms with Gasteiger partial charge in [0.25, 0.3) is 5.91 Å². The van der Waals surface area contributed by atoms with Crippen LogP contribution in [0.2, 0.25) is 0 Å². The summed E-state index contributed by atoms with van der Waals surface area (Å²) in [7, 11) is 2.93. The maximum atomic E-state index is 11.9. The van der Waals surface area contributed by atoms with E-state index in [1.54, 1.807) is 25.2 Å². The molecule has 1 unspecified atom stereocenters. The average molecular weight is 292 g/mol. The summed E-state index contributed by atoms with van der Waals surface area (Å²) in [5, 5.41) is 5.39. The summed E-state index contributed by atoms with van der Waals surface area (Å²) in [6.07, 6.45) is 0.345. The lowest BCUT2D eigenvalue weighted by molar-refractivity contribution is 0.0963. The Labute approximate surface area is 123 Å². The van der Waals surface area contributed by atoms with Crippen LogP contribution in [-0.2, 0) is 4.74 Å². The maximum Gasteiger partial charge on any atom is 0.407 e. The number of alkyl carbamates (subject to hydrolysis) is 1. The molecule has 0 aromatic heterocycles. The molecule has 1 fully saturated rings. The third-order valence-corrected chi connectivity index (χ3v) is 3.53. The van der Waals surface area contributed by atoms with E-state index in [1.165, 1.54) is 7.11 Å². The van der Waals surface area contributed by atoms with Crippen molar-refractivity contribution in [1.82, 2.24) is 10.6 Å². The van der Waals surface area contributed by atoms with Crippen molar-refractivity contribution >= 4 is 23.4 Å². The Bertz CT molecular complexity index is 547. The van der Waals surface area contributed by atoms with E-state index in [9.17, 15) is 9.59 Å². The molecule has 1 atom stereocenters. The summed E-state index contributed by atoms with van der Waals surface area (Å²) < 4.78 is 4.60. The van der Waals surface area contributed by atoms with Crippen LogP contribution < -0.4 is 21.3 Å². The molecule has 2 amide bonds. The standard InChI is InChI=1S/C14H20N4O3/c1-16-13(19)11-4-3-9(15)7-12(11)18-6-5-10(8-18)17-14(20)21-2/h3-4,7,10H,5-6,8,15H2,1-2H3,(H,16,19)(H,17,20). The zero-order valence-electron chi connectivity index (χ0n) is 12.2. The van der Waals surface area contributed by atoms with Gasteiger partial charge in [-0.25, -0.2) is 4.79 Å². The fraction of sp³-hybridized carbons (Fsp3) is 0.429. The quantitative estimate of drug-likeness (QED) is 0.707. The van der Waals surface area contributed by atoms with Gasteiger partial charge >= 0.3 is 6.09 Å². The highest BCUT2D eigenvalue weighted by molar-refractivity contribution is 6.00. The fourth-order valence-corrected chi connectivity index (χ4v) is 2.46. The van der Waals surface area contributed by atoms with Gasteiger partial charge in [-0.15, -0.1) is 0 Å². The zero-order valence-corrected chi connectivity index (χ0v) is 12.2. The van der Waals surface area contributed by atoms with Gasteiger partial charge in [0.05, 0.1) is 24.4 Å². The first kappa shape index (κ1) is 15.0. The predicted octanol–water partition coefficient (Wildman–Crippen LogP) is 0.563. The van der Waals surface area contributed by atoms with E-state index in [2.05, 4.69) is 15.4 Å². The lowest BCUT2D eigenvalue weighted by atomic mass is 10.1. The van der Waals surface area contributed by atoms with Gasteiger partial charge in [0.15, 0.2) is 0 Å². The molecular weight excluding hydrogens is 272 g/mol. The normalized spacial score (nSPS) is 17.4. The molecule has 114 valence electrons. The second kappa shape index (κ2) is 6.34. The Kier molecular flexibility index (Phi) is 4.52. The molecule has 0 bridgehead atoms. The molecule has 0 radical (unpaired) electrons. The molecule has 0 saturated carbocycles. The number of methoxy groups -OCH3 is 1. The van der Waals surface area contributed by atoms with Gasteiger partial charge in [-0.3, -0.25) is 4.79 Å². The van der Waals surface area contributed by atoms with Crippen molar-refractivity contribution in [3.8, 4) is 0 Å². The second-order valence-electron chi connectivity index (χ2n) is 4.92. The number of nitrogens with two attached hydrogens (primary N) is 1. The Hall–Kier alpha value is -2.44. The number of nitrogens with one attached hydrogen (secondary N) is 2. The number of carbonyl (C=O) groups excluding carboxylic acids is 2. The van der Waals surface area contributed by atoms with Crippen molar-refractivity contribution in [2.75, 3.05) is 37.9 Å². The monoisotopic (exact) mass is 292 g/mol. The highest BCUT2D eigenvalue weighted by atomic mass is 16.5. The van der Waals surface area contributed by atoms with Crippen LogP contribution in [0, 0.1) is 0 Å². The maximum absolute atomic E-state index is 11.9. The molecule has 2 rings (SSSR count). The molecule has 4 N–H and O–H groups in total. The van der Waals surface area contributed by atoms with E-state index in [-0.39, 0.29) is 11.9 Å². The Morgan fingerprint density at radius 2 is 2.19 bits per heavy atom. The van der Waals surface area contributed by atoms with Gasteiger partial charge in [0, 0.05) is 25.8 Å². The number of nitrogens with zero attached hydrogens (tertiary/aromatic N) is 1. The van der Waals surface area contributed by atoms with Crippen LogP contribution in [-0.4, -0.2) is 45.3 Å². The van der Waals surface area contributed by atoms with Gasteiger partial charge in [0.1, 0.15) is 0 Å². The van der Waals surface area contributed by atoms with Crippen molar-refractivity contribution in [3.63, 3.8) is 0 Å². The van der Waals surface area contributed by atoms with E-state index in [1.807, 2.05) is 4.90 Å². The molecule has 1 aromatic rings. The Balaban J connectivity index is 2.17. The van der Waals surface area contributed by atoms with Gasteiger partial charge in [-0.2, -0.15) is 0 Å². The van der Waals surface area contributed by atoms with Crippen molar-refractivity contribution < 1.29 is 14.3 Å². The van der Waals surface area contributed by atoms with Crippen LogP contribution >= 0.6 is 0 Å². The van der Waals surface area contributed by atoms with E-state index in [0.717, 1.165) is 18.7 Å². The van der Waals surface area contributed by atoms with Crippen LogP contribution in [0.1, 0.15) is 16.8 Å². The summed E-state index contributed by atoms with van der Waals surface area (Å²) >= 11 is 0. The molecular formula is C14H20N4O3. The van der Waals surface area contributed by atoms with Crippen LogP contribution in [0.4, 0.5) is 16.2 Å². The lowest BCUT2D eigenvalue weighted by Gasteiger charge is -2.22. The van der Waals surface area contributed by atoms with Crippen LogP contribution in [0.15, 0.2) is 18.2 Å². The van der Waals surface area contributed by atoms with Crippen LogP contribution in [0.25, 0.3) is 0 Å². The smallest absolute Gasteiger partial charge is 0.407 e. The fourth-order valence-electron chi connectivity index (χ4n) is 2.46. The van der Waals surface area contributed by atoms with E-state index >= 15 is 0 Å².